The molecule has 3 rings (SSSR count). The largest absolute Gasteiger partial charge is 0.506 e. The summed E-state index contributed by atoms with van der Waals surface area (Å²) in [6, 6.07) is 12.4. The second-order valence-electron chi connectivity index (χ2n) is 8.05. The van der Waals surface area contributed by atoms with Crippen LogP contribution in [0.5, 0.6) is 11.5 Å². The highest BCUT2D eigenvalue weighted by atomic mass is 16.5. The Morgan fingerprint density at radius 3 is 2.61 bits per heavy atom. The van der Waals surface area contributed by atoms with Gasteiger partial charge in [-0.15, -0.1) is 0 Å². The van der Waals surface area contributed by atoms with Crippen molar-refractivity contribution in [2.24, 2.45) is 5.92 Å². The number of carbonyl (C=O) groups is 2. The molecule has 0 radical (unpaired) electrons. The van der Waals surface area contributed by atoms with Crippen molar-refractivity contribution >= 4 is 23.2 Å². The molecule has 148 valence electrons. The van der Waals surface area contributed by atoms with E-state index in [4.69, 9.17) is 4.74 Å². The molecule has 1 heterocycles. The van der Waals surface area contributed by atoms with Crippen molar-refractivity contribution in [1.29, 1.82) is 0 Å². The van der Waals surface area contributed by atoms with E-state index in [1.54, 1.807) is 36.3 Å². The van der Waals surface area contributed by atoms with E-state index in [2.05, 4.69) is 26.1 Å². The summed E-state index contributed by atoms with van der Waals surface area (Å²) in [6.45, 7) is 6.45. The number of anilines is 2. The number of methoxy groups -OCH3 is 1. The number of amides is 2. The first-order valence-electron chi connectivity index (χ1n) is 9.28. The van der Waals surface area contributed by atoms with Crippen molar-refractivity contribution in [3.8, 4) is 11.5 Å². The summed E-state index contributed by atoms with van der Waals surface area (Å²) in [5.41, 5.74) is 1.90. The van der Waals surface area contributed by atoms with Crippen LogP contribution in [0, 0.1) is 5.92 Å². The van der Waals surface area contributed by atoms with Crippen LogP contribution in [-0.2, 0) is 15.0 Å². The van der Waals surface area contributed by atoms with Gasteiger partial charge >= 0.3 is 0 Å². The van der Waals surface area contributed by atoms with Gasteiger partial charge in [-0.25, -0.2) is 0 Å². The molecular weight excluding hydrogens is 356 g/mol. The van der Waals surface area contributed by atoms with Crippen LogP contribution in [0.3, 0.4) is 0 Å². The van der Waals surface area contributed by atoms with E-state index in [-0.39, 0.29) is 35.9 Å². The zero-order chi connectivity index (χ0) is 20.5. The second kappa shape index (κ2) is 7.54. The van der Waals surface area contributed by atoms with E-state index in [1.165, 1.54) is 0 Å². The van der Waals surface area contributed by atoms with Crippen LogP contribution in [-0.4, -0.2) is 30.6 Å². The van der Waals surface area contributed by atoms with Gasteiger partial charge in [0.1, 0.15) is 11.5 Å². The number of hydrogen-bond acceptors (Lipinski definition) is 4. The van der Waals surface area contributed by atoms with Crippen molar-refractivity contribution in [1.82, 2.24) is 0 Å². The molecule has 2 amide bonds. The van der Waals surface area contributed by atoms with Crippen LogP contribution in [0.4, 0.5) is 11.4 Å². The number of para-hydroxylation sites is 2. The number of hydrogen-bond donors (Lipinski definition) is 2. The van der Waals surface area contributed by atoms with E-state index >= 15 is 0 Å². The third-order valence-electron chi connectivity index (χ3n) is 4.99. The lowest BCUT2D eigenvalue weighted by Crippen LogP contribution is -2.28. The Bertz CT molecular complexity index is 902. The highest BCUT2D eigenvalue weighted by Crippen LogP contribution is 2.34. The summed E-state index contributed by atoms with van der Waals surface area (Å²) in [4.78, 5) is 26.9. The van der Waals surface area contributed by atoms with Gasteiger partial charge in [-0.2, -0.15) is 0 Å². The number of nitrogens with zero attached hydrogens (tertiary/aromatic N) is 1. The summed E-state index contributed by atoms with van der Waals surface area (Å²) < 4.78 is 5.33. The topological polar surface area (TPSA) is 78.9 Å². The first kappa shape index (κ1) is 19.7. The van der Waals surface area contributed by atoms with Crippen molar-refractivity contribution < 1.29 is 19.4 Å². The Morgan fingerprint density at radius 2 is 1.93 bits per heavy atom. The van der Waals surface area contributed by atoms with Gasteiger partial charge in [0, 0.05) is 13.0 Å². The molecule has 1 saturated heterocycles. The molecule has 0 spiro atoms. The Balaban J connectivity index is 1.77. The van der Waals surface area contributed by atoms with E-state index in [1.807, 2.05) is 18.2 Å². The molecule has 0 aliphatic carbocycles. The monoisotopic (exact) mass is 382 g/mol. The number of rotatable bonds is 4. The molecule has 1 fully saturated rings. The van der Waals surface area contributed by atoms with Gasteiger partial charge < -0.3 is 20.1 Å². The maximum absolute atomic E-state index is 12.8. The molecule has 28 heavy (non-hydrogen) atoms. The maximum atomic E-state index is 12.8. The Labute approximate surface area is 165 Å². The van der Waals surface area contributed by atoms with Gasteiger partial charge in [0.05, 0.1) is 24.4 Å². The lowest BCUT2D eigenvalue weighted by atomic mass is 9.87. The van der Waals surface area contributed by atoms with Crippen LogP contribution in [0.2, 0.25) is 0 Å². The van der Waals surface area contributed by atoms with Gasteiger partial charge in [0.2, 0.25) is 11.8 Å². The van der Waals surface area contributed by atoms with Gasteiger partial charge in [0.25, 0.3) is 0 Å². The predicted molar refractivity (Wildman–Crippen MR) is 109 cm³/mol. The molecule has 1 atom stereocenters. The summed E-state index contributed by atoms with van der Waals surface area (Å²) in [6.07, 6.45) is 0.115. The predicted octanol–water partition coefficient (Wildman–Crippen LogP) is 3.69. The number of ether oxygens (including phenoxy) is 1. The zero-order valence-electron chi connectivity index (χ0n) is 16.7. The fourth-order valence-corrected chi connectivity index (χ4v) is 3.31. The van der Waals surface area contributed by atoms with Crippen molar-refractivity contribution in [3.63, 3.8) is 0 Å². The van der Waals surface area contributed by atoms with Crippen LogP contribution in [0.25, 0.3) is 0 Å². The van der Waals surface area contributed by atoms with Crippen LogP contribution < -0.4 is 15.0 Å². The third-order valence-corrected chi connectivity index (χ3v) is 4.99. The third kappa shape index (κ3) is 3.96. The van der Waals surface area contributed by atoms with Crippen molar-refractivity contribution in [2.45, 2.75) is 32.6 Å². The molecule has 1 aliphatic rings. The summed E-state index contributed by atoms with van der Waals surface area (Å²) >= 11 is 0. The molecule has 6 heteroatoms. The first-order valence-corrected chi connectivity index (χ1v) is 9.28. The number of carbonyl (C=O) groups excluding carboxylic acids is 2. The zero-order valence-corrected chi connectivity index (χ0v) is 16.7. The minimum atomic E-state index is -0.505. The molecular formula is C22H26N2O4. The number of aromatic hydroxyl groups is 1. The van der Waals surface area contributed by atoms with Gasteiger partial charge in [0.15, 0.2) is 0 Å². The molecule has 2 aromatic carbocycles. The average molecular weight is 382 g/mol. The Hall–Kier alpha value is -3.02. The lowest BCUT2D eigenvalue weighted by molar-refractivity contribution is -0.122. The van der Waals surface area contributed by atoms with Gasteiger partial charge in [-0.05, 0) is 35.2 Å². The number of benzene rings is 2. The quantitative estimate of drug-likeness (QED) is 0.791. The van der Waals surface area contributed by atoms with Crippen LogP contribution in [0.15, 0.2) is 42.5 Å². The molecule has 1 aliphatic heterocycles. The van der Waals surface area contributed by atoms with E-state index in [0.29, 0.717) is 17.1 Å². The molecule has 0 aromatic heterocycles. The standard InChI is InChI=1S/C22H26N2O4/c1-22(2,3)15-9-10-18(25)16(12-15)23-21(27)14-11-20(26)24(13-14)17-7-5-6-8-19(17)28-4/h5-10,12,14,25H,11,13H2,1-4H3,(H,23,27)/t14-/m0/s1. The minimum Gasteiger partial charge on any atom is -0.506 e. The van der Waals surface area contributed by atoms with E-state index in [0.717, 1.165) is 5.56 Å². The van der Waals surface area contributed by atoms with E-state index in [9.17, 15) is 14.7 Å². The van der Waals surface area contributed by atoms with Crippen molar-refractivity contribution in [2.75, 3.05) is 23.9 Å². The number of nitrogens with one attached hydrogen (secondary N) is 1. The molecule has 2 N–H and O–H groups in total. The molecule has 2 aromatic rings. The number of phenols is 1. The highest BCUT2D eigenvalue weighted by molar-refractivity contribution is 6.04. The molecule has 6 nitrogen and oxygen atoms in total. The highest BCUT2D eigenvalue weighted by Gasteiger charge is 2.36. The molecule has 0 saturated carbocycles. The fourth-order valence-electron chi connectivity index (χ4n) is 3.31. The fraction of sp³-hybridized carbons (Fsp3) is 0.364. The summed E-state index contributed by atoms with van der Waals surface area (Å²) in [7, 11) is 1.55. The van der Waals surface area contributed by atoms with E-state index < -0.39 is 5.92 Å². The smallest absolute Gasteiger partial charge is 0.229 e. The molecule has 0 bridgehead atoms. The number of phenolic OH excluding ortho intramolecular Hbond substituents is 1. The second-order valence-corrected chi connectivity index (χ2v) is 8.05. The first-order chi connectivity index (χ1) is 13.2. The SMILES string of the molecule is COc1ccccc1N1C[C@@H](C(=O)Nc2cc(C(C)(C)C)ccc2O)CC1=O. The minimum absolute atomic E-state index is 0.00672. The summed E-state index contributed by atoms with van der Waals surface area (Å²) in [5, 5.41) is 12.9. The Kier molecular flexibility index (Phi) is 5.31. The Morgan fingerprint density at radius 1 is 1.21 bits per heavy atom. The normalized spacial score (nSPS) is 16.9. The average Bonchev–Trinajstić information content (AvgIpc) is 3.04. The van der Waals surface area contributed by atoms with Gasteiger partial charge in [-0.3, -0.25) is 9.59 Å². The van der Waals surface area contributed by atoms with Crippen LogP contribution in [0.1, 0.15) is 32.8 Å². The summed E-state index contributed by atoms with van der Waals surface area (Å²) in [5.74, 6) is -0.320. The van der Waals surface area contributed by atoms with Crippen LogP contribution >= 0.6 is 0 Å². The van der Waals surface area contributed by atoms with Gasteiger partial charge in [-0.1, -0.05) is 39.0 Å². The maximum Gasteiger partial charge on any atom is 0.229 e. The lowest BCUT2D eigenvalue weighted by Gasteiger charge is -2.21. The molecule has 0 unspecified atom stereocenters. The van der Waals surface area contributed by atoms with Crippen molar-refractivity contribution in [3.05, 3.63) is 48.0 Å².